The smallest absolute Gasteiger partial charge is 0.309 e. The minimum absolute atomic E-state index is 0.0912. The van der Waals surface area contributed by atoms with E-state index >= 15 is 0 Å². The average Bonchev–Trinajstić information content (AvgIpc) is 2.73. The summed E-state index contributed by atoms with van der Waals surface area (Å²) in [4.78, 5) is 23.2. The molecule has 2 rings (SSSR count). The number of fused-ring (bicyclic) bond motifs is 1. The van der Waals surface area contributed by atoms with E-state index in [1.54, 1.807) is 6.08 Å². The predicted molar refractivity (Wildman–Crippen MR) is 80.9 cm³/mol. The first kappa shape index (κ1) is 16.7. The van der Waals surface area contributed by atoms with E-state index in [4.69, 9.17) is 9.47 Å². The molecule has 0 aromatic carbocycles. The number of allylic oxidation sites excluding steroid dienone is 1. The average molecular weight is 308 g/mol. The molecule has 122 valence electrons. The van der Waals surface area contributed by atoms with E-state index in [9.17, 15) is 14.7 Å². The molecule has 1 fully saturated rings. The maximum Gasteiger partial charge on any atom is 0.309 e. The quantitative estimate of drug-likeness (QED) is 0.625. The monoisotopic (exact) mass is 308 g/mol. The molecule has 0 bridgehead atoms. The molecule has 4 atom stereocenters. The van der Waals surface area contributed by atoms with Crippen molar-refractivity contribution in [1.29, 1.82) is 0 Å². The Labute approximate surface area is 131 Å². The highest BCUT2D eigenvalue weighted by molar-refractivity contribution is 5.75. The van der Waals surface area contributed by atoms with E-state index in [-0.39, 0.29) is 36.5 Å². The lowest BCUT2D eigenvalue weighted by atomic mass is 9.84. The van der Waals surface area contributed by atoms with Crippen molar-refractivity contribution in [2.24, 2.45) is 11.8 Å². The summed E-state index contributed by atoms with van der Waals surface area (Å²) in [5.41, 5.74) is 1.79. The first-order valence-corrected chi connectivity index (χ1v) is 7.77. The SMILES string of the molecule is CC(=O)O[C@H]1C/C=C(/C)CC[C@@H]2[C@@H](/C=C\1CO)OC(=O)[C@@H]2C. The van der Waals surface area contributed by atoms with Gasteiger partial charge >= 0.3 is 11.9 Å². The molecular weight excluding hydrogens is 284 g/mol. The zero-order valence-corrected chi connectivity index (χ0v) is 13.4. The predicted octanol–water partition coefficient (Wildman–Crippen LogP) is 2.14. The Kier molecular flexibility index (Phi) is 5.40. The Hall–Kier alpha value is -1.62. The number of esters is 2. The standard InChI is InChI=1S/C17H24O5/c1-10-4-6-14-11(2)17(20)22-16(14)8-13(9-18)15(7-5-10)21-12(3)19/h5,8,11,14-16,18H,4,6-7,9H2,1-3H3/b10-5-,13-8-/t11-,14+,15+,16-/m1/s1. The number of carbonyl (C=O) groups excluding carboxylic acids is 2. The highest BCUT2D eigenvalue weighted by Crippen LogP contribution is 2.35. The van der Waals surface area contributed by atoms with Crippen molar-refractivity contribution in [3.63, 3.8) is 0 Å². The summed E-state index contributed by atoms with van der Waals surface area (Å²) in [6.45, 7) is 5.05. The van der Waals surface area contributed by atoms with Gasteiger partial charge < -0.3 is 14.6 Å². The van der Waals surface area contributed by atoms with Gasteiger partial charge in [-0.25, -0.2) is 0 Å². The fourth-order valence-electron chi connectivity index (χ4n) is 3.11. The summed E-state index contributed by atoms with van der Waals surface area (Å²) in [7, 11) is 0. The van der Waals surface area contributed by atoms with Gasteiger partial charge in [0.05, 0.1) is 12.5 Å². The topological polar surface area (TPSA) is 72.8 Å². The highest BCUT2D eigenvalue weighted by Gasteiger charge is 2.41. The van der Waals surface area contributed by atoms with Crippen molar-refractivity contribution in [1.82, 2.24) is 0 Å². The molecule has 0 aromatic heterocycles. The first-order chi connectivity index (χ1) is 10.4. The molecule has 0 radical (unpaired) electrons. The lowest BCUT2D eigenvalue weighted by Gasteiger charge is -2.23. The second-order valence-corrected chi connectivity index (χ2v) is 6.18. The Morgan fingerprint density at radius 2 is 2.23 bits per heavy atom. The summed E-state index contributed by atoms with van der Waals surface area (Å²) in [5, 5.41) is 9.65. The number of carbonyl (C=O) groups is 2. The van der Waals surface area contributed by atoms with Crippen molar-refractivity contribution in [2.75, 3.05) is 6.61 Å². The molecule has 0 unspecified atom stereocenters. The van der Waals surface area contributed by atoms with Gasteiger partial charge in [-0.3, -0.25) is 9.59 Å². The summed E-state index contributed by atoms with van der Waals surface area (Å²) in [6.07, 6.45) is 5.23. The van der Waals surface area contributed by atoms with Crippen LogP contribution in [0.2, 0.25) is 0 Å². The zero-order valence-electron chi connectivity index (χ0n) is 13.4. The van der Waals surface area contributed by atoms with Crippen molar-refractivity contribution in [3.8, 4) is 0 Å². The van der Waals surface area contributed by atoms with E-state index in [0.717, 1.165) is 12.8 Å². The van der Waals surface area contributed by atoms with Crippen LogP contribution in [0.15, 0.2) is 23.3 Å². The molecule has 5 heteroatoms. The molecule has 5 nitrogen and oxygen atoms in total. The fourth-order valence-corrected chi connectivity index (χ4v) is 3.11. The van der Waals surface area contributed by atoms with Crippen molar-refractivity contribution in [3.05, 3.63) is 23.3 Å². The van der Waals surface area contributed by atoms with Crippen LogP contribution in [0.5, 0.6) is 0 Å². The van der Waals surface area contributed by atoms with Crippen LogP contribution in [0.1, 0.15) is 40.0 Å². The Bertz CT molecular complexity index is 505. The highest BCUT2D eigenvalue weighted by atomic mass is 16.6. The largest absolute Gasteiger partial charge is 0.458 e. The minimum Gasteiger partial charge on any atom is -0.458 e. The molecule has 1 aliphatic heterocycles. The Balaban J connectivity index is 2.34. The van der Waals surface area contributed by atoms with E-state index in [2.05, 4.69) is 0 Å². The second kappa shape index (κ2) is 7.09. The van der Waals surface area contributed by atoms with Gasteiger partial charge in [-0.2, -0.15) is 0 Å². The summed E-state index contributed by atoms with van der Waals surface area (Å²) in [6, 6.07) is 0. The molecule has 1 heterocycles. The number of aliphatic hydroxyl groups is 1. The van der Waals surface area contributed by atoms with Gasteiger partial charge in [0.15, 0.2) is 0 Å². The molecule has 0 aromatic rings. The van der Waals surface area contributed by atoms with Gasteiger partial charge in [-0.05, 0) is 31.4 Å². The zero-order chi connectivity index (χ0) is 16.3. The van der Waals surface area contributed by atoms with Crippen LogP contribution in [0.4, 0.5) is 0 Å². The molecule has 22 heavy (non-hydrogen) atoms. The van der Waals surface area contributed by atoms with Crippen LogP contribution >= 0.6 is 0 Å². The molecule has 1 N–H and O–H groups in total. The summed E-state index contributed by atoms with van der Waals surface area (Å²) < 4.78 is 10.8. The number of aliphatic hydroxyl groups excluding tert-OH is 1. The number of hydrogen-bond acceptors (Lipinski definition) is 5. The lowest BCUT2D eigenvalue weighted by Crippen LogP contribution is -2.25. The Morgan fingerprint density at radius 3 is 2.86 bits per heavy atom. The van der Waals surface area contributed by atoms with E-state index in [1.165, 1.54) is 12.5 Å². The third-order valence-electron chi connectivity index (χ3n) is 4.52. The normalized spacial score (nSPS) is 37.2. The van der Waals surface area contributed by atoms with Gasteiger partial charge in [-0.1, -0.05) is 18.6 Å². The molecule has 1 aliphatic carbocycles. The maximum atomic E-state index is 11.9. The second-order valence-electron chi connectivity index (χ2n) is 6.18. The Morgan fingerprint density at radius 1 is 1.50 bits per heavy atom. The van der Waals surface area contributed by atoms with Crippen LogP contribution in [-0.2, 0) is 19.1 Å². The van der Waals surface area contributed by atoms with Crippen LogP contribution < -0.4 is 0 Å². The van der Waals surface area contributed by atoms with Crippen LogP contribution in [0, 0.1) is 11.8 Å². The van der Waals surface area contributed by atoms with Crippen molar-refractivity contribution in [2.45, 2.75) is 52.2 Å². The lowest BCUT2D eigenvalue weighted by molar-refractivity contribution is -0.145. The fraction of sp³-hybridized carbons (Fsp3) is 0.647. The van der Waals surface area contributed by atoms with Gasteiger partial charge in [0.2, 0.25) is 0 Å². The number of rotatable bonds is 2. The van der Waals surface area contributed by atoms with E-state index in [0.29, 0.717) is 12.0 Å². The van der Waals surface area contributed by atoms with Crippen molar-refractivity contribution < 1.29 is 24.2 Å². The molecule has 2 aliphatic rings. The van der Waals surface area contributed by atoms with Crippen LogP contribution in [0.25, 0.3) is 0 Å². The van der Waals surface area contributed by atoms with Crippen molar-refractivity contribution >= 4 is 11.9 Å². The molecule has 1 saturated heterocycles. The molecule has 0 amide bonds. The molecule has 0 spiro atoms. The van der Waals surface area contributed by atoms with E-state index < -0.39 is 6.10 Å². The number of ether oxygens (including phenoxy) is 2. The summed E-state index contributed by atoms with van der Waals surface area (Å²) in [5.74, 6) is -0.650. The minimum atomic E-state index is -0.509. The molecular formula is C17H24O5. The van der Waals surface area contributed by atoms with Gasteiger partial charge in [0.1, 0.15) is 12.2 Å². The van der Waals surface area contributed by atoms with E-state index in [1.807, 2.05) is 19.9 Å². The van der Waals surface area contributed by atoms with Crippen LogP contribution in [0.3, 0.4) is 0 Å². The third-order valence-corrected chi connectivity index (χ3v) is 4.52. The van der Waals surface area contributed by atoms with Gasteiger partial charge in [0, 0.05) is 19.3 Å². The maximum absolute atomic E-state index is 11.9. The van der Waals surface area contributed by atoms with Crippen LogP contribution in [-0.4, -0.2) is 35.9 Å². The van der Waals surface area contributed by atoms with Gasteiger partial charge in [-0.15, -0.1) is 0 Å². The third kappa shape index (κ3) is 3.77. The summed E-state index contributed by atoms with van der Waals surface area (Å²) >= 11 is 0. The molecule has 0 saturated carbocycles. The number of hydrogen-bond donors (Lipinski definition) is 1. The van der Waals surface area contributed by atoms with Gasteiger partial charge in [0.25, 0.3) is 0 Å². The first-order valence-electron chi connectivity index (χ1n) is 7.77.